The van der Waals surface area contributed by atoms with Crippen LogP contribution in [0.5, 0.6) is 0 Å². The molecule has 0 amide bonds. The zero-order valence-electron chi connectivity index (χ0n) is 13.9. The van der Waals surface area contributed by atoms with Crippen LogP contribution in [0.2, 0.25) is 0 Å². The number of ketones is 1. The van der Waals surface area contributed by atoms with E-state index in [2.05, 4.69) is 22.9 Å². The Bertz CT molecular complexity index is 464. The number of rotatable bonds is 1. The number of carbonyl (C=O) groups is 1. The highest BCUT2D eigenvalue weighted by atomic mass is 79.9. The fourth-order valence-electron chi connectivity index (χ4n) is 6.77. The molecule has 4 saturated carbocycles. The number of carbonyl (C=O) groups excluding carboxylic acids is 1. The highest BCUT2D eigenvalue weighted by Crippen LogP contribution is 2.62. The van der Waals surface area contributed by atoms with Crippen molar-refractivity contribution in [3.63, 3.8) is 0 Å². The molecule has 8 atom stereocenters. The van der Waals surface area contributed by atoms with E-state index in [-0.39, 0.29) is 10.2 Å². The average molecular weight is 369 g/mol. The SMILES string of the molecule is COC1CCC2C(CCC3C2CCC2(C)C(=O)C(Br)CC32)C1. The van der Waals surface area contributed by atoms with Gasteiger partial charge in [-0.1, -0.05) is 22.9 Å². The number of ether oxygens (including phenoxy) is 1. The van der Waals surface area contributed by atoms with Gasteiger partial charge >= 0.3 is 0 Å². The highest BCUT2D eigenvalue weighted by molar-refractivity contribution is 9.10. The minimum absolute atomic E-state index is 0.0219. The predicted molar refractivity (Wildman–Crippen MR) is 91.0 cm³/mol. The molecule has 0 spiro atoms. The van der Waals surface area contributed by atoms with Crippen molar-refractivity contribution in [2.75, 3.05) is 7.11 Å². The lowest BCUT2D eigenvalue weighted by Gasteiger charge is -2.54. The Labute approximate surface area is 142 Å². The van der Waals surface area contributed by atoms with Crippen LogP contribution in [0.1, 0.15) is 58.3 Å². The van der Waals surface area contributed by atoms with Crippen molar-refractivity contribution in [3.05, 3.63) is 0 Å². The van der Waals surface area contributed by atoms with Crippen LogP contribution in [-0.4, -0.2) is 23.8 Å². The third-order valence-electron chi connectivity index (χ3n) is 7.94. The zero-order valence-corrected chi connectivity index (χ0v) is 15.5. The third-order valence-corrected chi connectivity index (χ3v) is 8.73. The first-order chi connectivity index (χ1) is 10.5. The molecule has 4 rings (SSSR count). The lowest BCUT2D eigenvalue weighted by Crippen LogP contribution is -2.49. The maximum Gasteiger partial charge on any atom is 0.152 e. The molecule has 2 nitrogen and oxygen atoms in total. The van der Waals surface area contributed by atoms with Gasteiger partial charge in [0.05, 0.1) is 10.9 Å². The lowest BCUT2D eigenvalue weighted by molar-refractivity contribution is -0.133. The molecule has 0 aromatic heterocycles. The Morgan fingerprint density at radius 1 is 1.05 bits per heavy atom. The van der Waals surface area contributed by atoms with E-state index >= 15 is 0 Å². The summed E-state index contributed by atoms with van der Waals surface area (Å²) in [7, 11) is 1.88. The van der Waals surface area contributed by atoms with E-state index in [9.17, 15) is 4.79 Å². The van der Waals surface area contributed by atoms with Crippen LogP contribution in [0, 0.1) is 35.0 Å². The highest BCUT2D eigenvalue weighted by Gasteiger charge is 2.59. The Balaban J connectivity index is 1.55. The van der Waals surface area contributed by atoms with E-state index in [4.69, 9.17) is 4.74 Å². The summed E-state index contributed by atoms with van der Waals surface area (Å²) in [5, 5.41) is 0. The number of hydrogen-bond donors (Lipinski definition) is 0. The smallest absolute Gasteiger partial charge is 0.152 e. The van der Waals surface area contributed by atoms with Crippen LogP contribution in [0.4, 0.5) is 0 Å². The molecule has 3 heteroatoms. The van der Waals surface area contributed by atoms with Gasteiger partial charge in [-0.15, -0.1) is 0 Å². The number of halogens is 1. The molecular formula is C19H29BrO2. The molecular weight excluding hydrogens is 340 g/mol. The molecule has 4 aliphatic carbocycles. The largest absolute Gasteiger partial charge is 0.381 e. The molecule has 4 aliphatic rings. The molecule has 4 fully saturated rings. The van der Waals surface area contributed by atoms with E-state index in [1.807, 2.05) is 7.11 Å². The van der Waals surface area contributed by atoms with E-state index in [0.717, 1.165) is 36.5 Å². The van der Waals surface area contributed by atoms with Gasteiger partial charge in [0.25, 0.3) is 0 Å². The topological polar surface area (TPSA) is 26.3 Å². The second kappa shape index (κ2) is 5.58. The molecule has 8 unspecified atom stereocenters. The molecule has 0 N–H and O–H groups in total. The van der Waals surface area contributed by atoms with Crippen LogP contribution in [-0.2, 0) is 9.53 Å². The Morgan fingerprint density at radius 3 is 2.59 bits per heavy atom. The van der Waals surface area contributed by atoms with Crippen LogP contribution in [0.15, 0.2) is 0 Å². The fraction of sp³-hybridized carbons (Fsp3) is 0.947. The maximum atomic E-state index is 12.6. The third kappa shape index (κ3) is 2.17. The molecule has 0 aromatic rings. The number of methoxy groups -OCH3 is 1. The van der Waals surface area contributed by atoms with Gasteiger partial charge in [-0.2, -0.15) is 0 Å². The summed E-state index contributed by atoms with van der Waals surface area (Å²) in [5.41, 5.74) is -0.0219. The number of Topliss-reactive ketones (excluding diaryl/α,β-unsaturated/α-hetero) is 1. The van der Waals surface area contributed by atoms with Gasteiger partial charge in [0.15, 0.2) is 5.78 Å². The summed E-state index contributed by atoms with van der Waals surface area (Å²) in [5.74, 6) is 4.65. The molecule has 0 heterocycles. The summed E-state index contributed by atoms with van der Waals surface area (Å²) < 4.78 is 5.64. The van der Waals surface area contributed by atoms with Crippen molar-refractivity contribution in [1.29, 1.82) is 0 Å². The maximum absolute atomic E-state index is 12.6. The fourth-order valence-corrected chi connectivity index (χ4v) is 7.70. The molecule has 0 aliphatic heterocycles. The van der Waals surface area contributed by atoms with Crippen molar-refractivity contribution >= 4 is 21.7 Å². The van der Waals surface area contributed by atoms with Crippen molar-refractivity contribution in [2.45, 2.75) is 69.2 Å². The Hall–Kier alpha value is 0.110. The molecule has 0 aromatic carbocycles. The first-order valence-corrected chi connectivity index (χ1v) is 10.2. The van der Waals surface area contributed by atoms with Crippen molar-refractivity contribution in [3.8, 4) is 0 Å². The van der Waals surface area contributed by atoms with E-state index in [1.165, 1.54) is 38.5 Å². The second-order valence-electron chi connectivity index (χ2n) is 8.63. The molecule has 0 saturated heterocycles. The number of hydrogen-bond acceptors (Lipinski definition) is 2. The van der Waals surface area contributed by atoms with E-state index < -0.39 is 0 Å². The van der Waals surface area contributed by atoms with Gasteiger partial charge in [0, 0.05) is 12.5 Å². The Morgan fingerprint density at radius 2 is 1.82 bits per heavy atom. The van der Waals surface area contributed by atoms with Gasteiger partial charge in [0.1, 0.15) is 0 Å². The summed E-state index contributed by atoms with van der Waals surface area (Å²) in [6.07, 6.45) is 10.7. The molecule has 0 bridgehead atoms. The Kier molecular flexibility index (Phi) is 3.96. The molecule has 22 heavy (non-hydrogen) atoms. The number of fused-ring (bicyclic) bond motifs is 5. The number of alkyl halides is 1. The monoisotopic (exact) mass is 368 g/mol. The van der Waals surface area contributed by atoms with Crippen LogP contribution in [0.3, 0.4) is 0 Å². The van der Waals surface area contributed by atoms with Crippen LogP contribution in [0.25, 0.3) is 0 Å². The van der Waals surface area contributed by atoms with Gasteiger partial charge in [-0.25, -0.2) is 0 Å². The minimum Gasteiger partial charge on any atom is -0.381 e. The minimum atomic E-state index is -0.0219. The zero-order chi connectivity index (χ0) is 15.5. The van der Waals surface area contributed by atoms with E-state index in [1.54, 1.807) is 0 Å². The summed E-state index contributed by atoms with van der Waals surface area (Å²) in [4.78, 5) is 12.8. The van der Waals surface area contributed by atoms with Gasteiger partial charge in [-0.05, 0) is 81.0 Å². The van der Waals surface area contributed by atoms with Crippen molar-refractivity contribution in [1.82, 2.24) is 0 Å². The standard InChI is InChI=1S/C19H29BrO2/c1-19-8-7-14-13-6-4-12(22-2)9-11(13)3-5-15(14)16(19)10-17(20)18(19)21/h11-17H,3-10H2,1-2H3. The van der Waals surface area contributed by atoms with Gasteiger partial charge in [0.2, 0.25) is 0 Å². The second-order valence-corrected chi connectivity index (χ2v) is 9.74. The van der Waals surface area contributed by atoms with Crippen molar-refractivity contribution < 1.29 is 9.53 Å². The molecule has 0 radical (unpaired) electrons. The normalized spacial score (nSPS) is 54.5. The first-order valence-electron chi connectivity index (χ1n) is 9.25. The van der Waals surface area contributed by atoms with Crippen LogP contribution < -0.4 is 0 Å². The molecule has 124 valence electrons. The summed E-state index contributed by atoms with van der Waals surface area (Å²) in [6, 6.07) is 0. The van der Waals surface area contributed by atoms with E-state index in [0.29, 0.717) is 17.8 Å². The van der Waals surface area contributed by atoms with Crippen molar-refractivity contribution in [2.24, 2.45) is 35.0 Å². The van der Waals surface area contributed by atoms with Gasteiger partial charge in [-0.3, -0.25) is 4.79 Å². The first kappa shape index (κ1) is 15.6. The lowest BCUT2D eigenvalue weighted by atomic mass is 9.50. The average Bonchev–Trinajstić information content (AvgIpc) is 2.77. The quantitative estimate of drug-likeness (QED) is 0.632. The summed E-state index contributed by atoms with van der Waals surface area (Å²) >= 11 is 3.67. The summed E-state index contributed by atoms with van der Waals surface area (Å²) in [6.45, 7) is 2.27. The van der Waals surface area contributed by atoms with Gasteiger partial charge < -0.3 is 4.74 Å². The van der Waals surface area contributed by atoms with Crippen LogP contribution >= 0.6 is 15.9 Å². The predicted octanol–water partition coefficient (Wildman–Crippen LogP) is 4.60.